The molecular weight excluding hydrogens is 498 g/mol. The van der Waals surface area contributed by atoms with E-state index in [-0.39, 0.29) is 12.0 Å². The highest BCUT2D eigenvalue weighted by Crippen LogP contribution is 2.43. The Hall–Kier alpha value is -3.59. The fourth-order valence-electron chi connectivity index (χ4n) is 6.38. The smallest absolute Gasteiger partial charge is 0.306 e. The molecule has 1 fully saturated rings. The third-order valence-electron chi connectivity index (χ3n) is 8.56. The molecule has 0 radical (unpaired) electrons. The van der Waals surface area contributed by atoms with Gasteiger partial charge in [0.1, 0.15) is 17.7 Å². The third kappa shape index (κ3) is 4.95. The molecule has 9 nitrogen and oxygen atoms in total. The monoisotopic (exact) mass is 535 g/mol. The highest BCUT2D eigenvalue weighted by Gasteiger charge is 2.34. The maximum Gasteiger partial charge on any atom is 0.306 e. The summed E-state index contributed by atoms with van der Waals surface area (Å²) in [5.41, 5.74) is 6.18. The fraction of sp³-hybridized carbons (Fsp3) is 0.500. The van der Waals surface area contributed by atoms with E-state index in [0.29, 0.717) is 37.8 Å². The number of carbonyl (C=O) groups is 2. The molecule has 1 aromatic heterocycles. The lowest BCUT2D eigenvalue weighted by Gasteiger charge is -2.34. The van der Waals surface area contributed by atoms with Crippen LogP contribution in [0.4, 0.5) is 5.69 Å². The molecule has 3 aliphatic rings. The van der Waals surface area contributed by atoms with Gasteiger partial charge in [-0.2, -0.15) is 0 Å². The van der Waals surface area contributed by atoms with E-state index in [1.807, 2.05) is 18.2 Å². The summed E-state index contributed by atoms with van der Waals surface area (Å²) in [5.74, 6) is 0.254. The minimum Gasteiger partial charge on any atom is -0.493 e. The topological polar surface area (TPSA) is 114 Å². The van der Waals surface area contributed by atoms with Gasteiger partial charge in [0.05, 0.1) is 30.7 Å². The Bertz CT molecular complexity index is 1370. The number of carboxylic acids is 1. The number of hydrogen-bond donors (Lipinski definition) is 2. The van der Waals surface area contributed by atoms with Crippen molar-refractivity contribution in [2.24, 2.45) is 5.92 Å². The van der Waals surface area contributed by atoms with Crippen LogP contribution in [0.25, 0.3) is 11.0 Å². The summed E-state index contributed by atoms with van der Waals surface area (Å²) in [6.07, 6.45) is 4.88. The number of para-hydroxylation sites is 1. The van der Waals surface area contributed by atoms with Crippen molar-refractivity contribution >= 4 is 29.2 Å². The number of carbonyl (C=O) groups excluding carboxylic acids is 1. The molecule has 3 aromatic rings. The molecule has 2 aliphatic heterocycles. The van der Waals surface area contributed by atoms with E-state index in [9.17, 15) is 15.0 Å². The van der Waals surface area contributed by atoms with Crippen molar-refractivity contribution in [3.8, 4) is 5.75 Å². The number of aryl methyl sites for hydroxylation is 1. The van der Waals surface area contributed by atoms with Gasteiger partial charge < -0.3 is 29.2 Å². The first kappa shape index (κ1) is 27.0. The number of aliphatic hydroxyl groups is 1. The summed E-state index contributed by atoms with van der Waals surface area (Å²) in [4.78, 5) is 28.2. The van der Waals surface area contributed by atoms with Crippen molar-refractivity contribution < 1.29 is 29.3 Å². The van der Waals surface area contributed by atoms with Crippen LogP contribution in [-0.2, 0) is 27.2 Å². The minimum atomic E-state index is -0.948. The van der Waals surface area contributed by atoms with Crippen molar-refractivity contribution in [3.05, 3.63) is 52.8 Å². The SMILES string of the molecule is CC1CCc2c(ccc3c2nc(C(O)c2cccc4c2OCC4)n3C2CCCC(C(=O)O)C2)N1C.COC=O. The number of methoxy groups -OCH3 is 1. The van der Waals surface area contributed by atoms with Gasteiger partial charge >= 0.3 is 5.97 Å². The van der Waals surface area contributed by atoms with E-state index in [2.05, 4.69) is 40.3 Å². The Morgan fingerprint density at radius 2 is 2.00 bits per heavy atom. The molecule has 39 heavy (non-hydrogen) atoms. The molecule has 3 heterocycles. The second-order valence-electron chi connectivity index (χ2n) is 10.8. The largest absolute Gasteiger partial charge is 0.493 e. The predicted octanol–water partition coefficient (Wildman–Crippen LogP) is 4.43. The van der Waals surface area contributed by atoms with E-state index in [4.69, 9.17) is 14.5 Å². The normalized spacial score (nSPS) is 22.7. The van der Waals surface area contributed by atoms with Crippen LogP contribution in [0.2, 0.25) is 0 Å². The van der Waals surface area contributed by atoms with Crippen molar-refractivity contribution in [2.75, 3.05) is 25.7 Å². The molecule has 0 spiro atoms. The highest BCUT2D eigenvalue weighted by atomic mass is 16.5. The van der Waals surface area contributed by atoms with E-state index in [1.54, 1.807) is 0 Å². The zero-order valence-electron chi connectivity index (χ0n) is 22.8. The number of rotatable bonds is 5. The quantitative estimate of drug-likeness (QED) is 0.462. The van der Waals surface area contributed by atoms with Gasteiger partial charge in [0, 0.05) is 42.4 Å². The summed E-state index contributed by atoms with van der Waals surface area (Å²) in [6, 6.07) is 10.7. The van der Waals surface area contributed by atoms with Crippen molar-refractivity contribution in [3.63, 3.8) is 0 Å². The van der Waals surface area contributed by atoms with Crippen LogP contribution >= 0.6 is 0 Å². The van der Waals surface area contributed by atoms with Gasteiger partial charge in [-0.25, -0.2) is 4.98 Å². The van der Waals surface area contributed by atoms with Gasteiger partial charge in [-0.05, 0) is 56.7 Å². The summed E-state index contributed by atoms with van der Waals surface area (Å²) >= 11 is 0. The summed E-state index contributed by atoms with van der Waals surface area (Å²) in [7, 11) is 3.44. The zero-order chi connectivity index (χ0) is 27.7. The average molecular weight is 536 g/mol. The first-order valence-electron chi connectivity index (χ1n) is 13.7. The number of carboxylic acid groups (broad SMARTS) is 1. The molecule has 0 bridgehead atoms. The molecule has 6 rings (SSSR count). The van der Waals surface area contributed by atoms with Gasteiger partial charge in [-0.3, -0.25) is 9.59 Å². The molecule has 2 N–H and O–H groups in total. The number of anilines is 1. The van der Waals surface area contributed by atoms with Gasteiger partial charge in [0.25, 0.3) is 6.47 Å². The highest BCUT2D eigenvalue weighted by molar-refractivity contribution is 5.86. The van der Waals surface area contributed by atoms with Crippen molar-refractivity contribution in [1.82, 2.24) is 9.55 Å². The van der Waals surface area contributed by atoms with Gasteiger partial charge in [0.2, 0.25) is 0 Å². The molecule has 4 unspecified atom stereocenters. The van der Waals surface area contributed by atoms with Gasteiger partial charge in [-0.1, -0.05) is 24.6 Å². The Morgan fingerprint density at radius 3 is 2.74 bits per heavy atom. The van der Waals surface area contributed by atoms with Crippen LogP contribution in [0.1, 0.15) is 73.7 Å². The number of hydrogen-bond acceptors (Lipinski definition) is 7. The molecule has 208 valence electrons. The summed E-state index contributed by atoms with van der Waals surface area (Å²) in [6.45, 7) is 3.24. The number of aliphatic hydroxyl groups excluding tert-OH is 1. The number of nitrogens with zero attached hydrogens (tertiary/aromatic N) is 3. The molecule has 1 aliphatic carbocycles. The average Bonchev–Trinajstić information content (AvgIpc) is 3.60. The summed E-state index contributed by atoms with van der Waals surface area (Å²) in [5, 5.41) is 21.5. The van der Waals surface area contributed by atoms with Crippen LogP contribution in [0.15, 0.2) is 30.3 Å². The lowest BCUT2D eigenvalue weighted by molar-refractivity contribution is -0.143. The van der Waals surface area contributed by atoms with Crippen LogP contribution in [0.5, 0.6) is 5.75 Å². The standard InChI is InChI=1S/C28H33N3O4.C2H4O2/c1-16-9-10-20-22(30(16)2)11-12-23-24(20)29-27(31(23)19-7-3-6-18(15-19)28(33)34)25(32)21-8-4-5-17-13-14-35-26(17)21;1-4-2-3/h4-5,8,11-12,16,18-19,25,32H,3,6-7,9-10,13-15H2,1-2H3,(H,33,34);2H,1H3. The lowest BCUT2D eigenvalue weighted by Crippen LogP contribution is -2.33. The minimum absolute atomic E-state index is 0.0181. The van der Waals surface area contributed by atoms with Crippen LogP contribution < -0.4 is 9.64 Å². The predicted molar refractivity (Wildman–Crippen MR) is 147 cm³/mol. The first-order valence-corrected chi connectivity index (χ1v) is 13.7. The van der Waals surface area contributed by atoms with E-state index in [1.165, 1.54) is 18.4 Å². The van der Waals surface area contributed by atoms with Crippen LogP contribution in [0, 0.1) is 5.92 Å². The van der Waals surface area contributed by atoms with Crippen molar-refractivity contribution in [2.45, 2.75) is 70.1 Å². The molecule has 0 saturated heterocycles. The maximum atomic E-state index is 11.9. The Kier molecular flexibility index (Phi) is 7.79. The molecular formula is C30H37N3O6. The van der Waals surface area contributed by atoms with Crippen LogP contribution in [0.3, 0.4) is 0 Å². The molecule has 2 aromatic carbocycles. The fourth-order valence-corrected chi connectivity index (χ4v) is 6.38. The van der Waals surface area contributed by atoms with E-state index in [0.717, 1.165) is 60.0 Å². The number of imidazole rings is 1. The number of aromatic nitrogens is 2. The van der Waals surface area contributed by atoms with Crippen molar-refractivity contribution in [1.29, 1.82) is 0 Å². The Balaban J connectivity index is 0.000000723. The zero-order valence-corrected chi connectivity index (χ0v) is 22.8. The van der Waals surface area contributed by atoms with Gasteiger partial charge in [-0.15, -0.1) is 0 Å². The Labute approximate surface area is 228 Å². The van der Waals surface area contributed by atoms with Gasteiger partial charge in [0.15, 0.2) is 0 Å². The Morgan fingerprint density at radius 1 is 1.21 bits per heavy atom. The molecule has 9 heteroatoms. The third-order valence-corrected chi connectivity index (χ3v) is 8.56. The number of aliphatic carboxylic acids is 1. The number of ether oxygens (including phenoxy) is 2. The first-order chi connectivity index (χ1) is 18.8. The second-order valence-corrected chi connectivity index (χ2v) is 10.8. The maximum absolute atomic E-state index is 11.9. The van der Waals surface area contributed by atoms with E-state index >= 15 is 0 Å². The summed E-state index contributed by atoms with van der Waals surface area (Å²) < 4.78 is 11.9. The molecule has 1 saturated carbocycles. The molecule has 0 amide bonds. The second kappa shape index (κ2) is 11.3. The molecule has 4 atom stereocenters. The number of fused-ring (bicyclic) bond motifs is 4. The van der Waals surface area contributed by atoms with E-state index < -0.39 is 12.1 Å². The lowest BCUT2D eigenvalue weighted by atomic mass is 9.85. The van der Waals surface area contributed by atoms with Crippen LogP contribution in [-0.4, -0.2) is 59.0 Å². The number of benzene rings is 2.